The summed E-state index contributed by atoms with van der Waals surface area (Å²) < 4.78 is 0. The number of hydrogen-bond acceptors (Lipinski definition) is 2. The Morgan fingerprint density at radius 3 is 1.93 bits per heavy atom. The second-order valence-corrected chi connectivity index (χ2v) is 4.05. The summed E-state index contributed by atoms with van der Waals surface area (Å²) in [7, 11) is 0. The lowest BCUT2D eigenvalue weighted by molar-refractivity contribution is -0.116. The smallest absolute Gasteiger partial charge is 0.143 e. The fourth-order valence-electron chi connectivity index (χ4n) is 0.900. The zero-order chi connectivity index (χ0) is 11.6. The Balaban J connectivity index is 0. The lowest BCUT2D eigenvalue weighted by Crippen LogP contribution is -2.02. The van der Waals surface area contributed by atoms with Crippen LogP contribution in [0.4, 0.5) is 0 Å². The average molecular weight is 197 g/mol. The van der Waals surface area contributed by atoms with Crippen LogP contribution in [0, 0.1) is 23.2 Å². The Labute approximate surface area is 88.3 Å². The Morgan fingerprint density at radius 1 is 1.36 bits per heavy atom. The first kappa shape index (κ1) is 15.6. The molecule has 82 valence electrons. The Morgan fingerprint density at radius 2 is 1.86 bits per heavy atom. The molecule has 0 fully saturated rings. The van der Waals surface area contributed by atoms with Crippen LogP contribution < -0.4 is 0 Å². The summed E-state index contributed by atoms with van der Waals surface area (Å²) in [6, 6.07) is 1.72. The van der Waals surface area contributed by atoms with Crippen LogP contribution >= 0.6 is 0 Å². The van der Waals surface area contributed by atoms with Crippen molar-refractivity contribution in [1.82, 2.24) is 0 Å². The van der Waals surface area contributed by atoms with Gasteiger partial charge in [0.05, 0.1) is 12.5 Å². The van der Waals surface area contributed by atoms with Crippen LogP contribution in [-0.2, 0) is 4.79 Å². The minimum absolute atomic E-state index is 0.0417. The first-order valence-corrected chi connectivity index (χ1v) is 5.32. The van der Waals surface area contributed by atoms with Gasteiger partial charge < -0.3 is 0 Å². The van der Waals surface area contributed by atoms with Crippen LogP contribution in [0.1, 0.15) is 53.9 Å². The number of nitrogens with zero attached hydrogens (tertiary/aromatic N) is 1. The van der Waals surface area contributed by atoms with Crippen molar-refractivity contribution in [3.05, 3.63) is 0 Å². The summed E-state index contributed by atoms with van der Waals surface area (Å²) in [4.78, 5) is 9.82. The molecule has 0 aromatic rings. The number of Topliss-reactive ketones (excluding diaryl/α,β-unsaturated/α-hetero) is 1. The van der Waals surface area contributed by atoms with Crippen molar-refractivity contribution in [2.75, 3.05) is 0 Å². The predicted molar refractivity (Wildman–Crippen MR) is 59.8 cm³/mol. The van der Waals surface area contributed by atoms with Crippen LogP contribution in [0.3, 0.4) is 0 Å². The van der Waals surface area contributed by atoms with Gasteiger partial charge in [0.2, 0.25) is 0 Å². The first-order chi connectivity index (χ1) is 6.45. The maximum Gasteiger partial charge on any atom is 0.143 e. The van der Waals surface area contributed by atoms with Crippen molar-refractivity contribution in [1.29, 1.82) is 5.26 Å². The molecule has 0 aromatic heterocycles. The number of ketones is 1. The highest BCUT2D eigenvalue weighted by atomic mass is 16.1. The second-order valence-electron chi connectivity index (χ2n) is 4.05. The van der Waals surface area contributed by atoms with E-state index < -0.39 is 0 Å². The van der Waals surface area contributed by atoms with Crippen LogP contribution in [0.15, 0.2) is 0 Å². The molecule has 0 aromatic carbocycles. The summed E-state index contributed by atoms with van der Waals surface area (Å²) in [6.45, 7) is 10.6. The third-order valence-electron chi connectivity index (χ3n) is 2.21. The molecule has 2 heteroatoms. The van der Waals surface area contributed by atoms with Crippen LogP contribution in [0.25, 0.3) is 0 Å². The Kier molecular flexibility index (Phi) is 11.4. The number of hydrogen-bond donors (Lipinski definition) is 0. The molecule has 14 heavy (non-hydrogen) atoms. The standard InChI is InChI=1S/C8H18.C4H5NO/c1-5-6-8(4)7(2)3;1-4(6)2-3-5/h7-8H,5-6H2,1-4H3;2H2,1H3. The fourth-order valence-corrected chi connectivity index (χ4v) is 0.900. The van der Waals surface area contributed by atoms with Crippen LogP contribution in [0.2, 0.25) is 0 Å². The van der Waals surface area contributed by atoms with Gasteiger partial charge in [-0.25, -0.2) is 0 Å². The van der Waals surface area contributed by atoms with Crippen molar-refractivity contribution in [2.45, 2.75) is 53.9 Å². The lowest BCUT2D eigenvalue weighted by Gasteiger charge is -2.12. The van der Waals surface area contributed by atoms with E-state index in [0.717, 1.165) is 11.8 Å². The monoisotopic (exact) mass is 197 g/mol. The summed E-state index contributed by atoms with van der Waals surface area (Å²) in [5, 5.41) is 7.77. The number of nitriles is 1. The van der Waals surface area contributed by atoms with Gasteiger partial charge in [0.15, 0.2) is 0 Å². The molecule has 0 aliphatic carbocycles. The van der Waals surface area contributed by atoms with E-state index in [1.54, 1.807) is 6.07 Å². The van der Waals surface area contributed by atoms with Gasteiger partial charge in [-0.05, 0) is 18.8 Å². The predicted octanol–water partition coefficient (Wildman–Crippen LogP) is 3.57. The van der Waals surface area contributed by atoms with Crippen molar-refractivity contribution in [3.8, 4) is 6.07 Å². The molecular weight excluding hydrogens is 174 g/mol. The first-order valence-electron chi connectivity index (χ1n) is 5.32. The molecule has 1 unspecified atom stereocenters. The quantitative estimate of drug-likeness (QED) is 0.691. The third kappa shape index (κ3) is 13.7. The Bertz CT molecular complexity index is 179. The summed E-state index contributed by atoms with van der Waals surface area (Å²) in [6.07, 6.45) is 2.76. The fraction of sp³-hybridized carbons (Fsp3) is 0.833. The van der Waals surface area contributed by atoms with E-state index in [-0.39, 0.29) is 12.2 Å². The average Bonchev–Trinajstić information content (AvgIpc) is 2.05. The van der Waals surface area contributed by atoms with Crippen molar-refractivity contribution < 1.29 is 4.79 Å². The highest BCUT2D eigenvalue weighted by molar-refractivity contribution is 5.77. The molecule has 0 saturated carbocycles. The molecular formula is C12H23NO. The molecule has 2 nitrogen and oxygen atoms in total. The van der Waals surface area contributed by atoms with Gasteiger partial charge in [0.1, 0.15) is 5.78 Å². The molecule has 1 atom stereocenters. The molecule has 0 aliphatic heterocycles. The van der Waals surface area contributed by atoms with E-state index in [1.165, 1.54) is 19.8 Å². The molecule has 0 N–H and O–H groups in total. The molecule has 0 aliphatic rings. The number of carbonyl (C=O) groups excluding carboxylic acids is 1. The minimum Gasteiger partial charge on any atom is -0.299 e. The van der Waals surface area contributed by atoms with E-state index in [1.807, 2.05) is 0 Å². The molecule has 0 heterocycles. The Hall–Kier alpha value is -0.840. The van der Waals surface area contributed by atoms with Gasteiger partial charge in [-0.1, -0.05) is 40.5 Å². The van der Waals surface area contributed by atoms with Crippen molar-refractivity contribution >= 4 is 5.78 Å². The zero-order valence-corrected chi connectivity index (χ0v) is 10.1. The summed E-state index contributed by atoms with van der Waals surface area (Å²) >= 11 is 0. The SMILES string of the molecule is CC(=O)CC#N.CCCC(C)C(C)C. The van der Waals surface area contributed by atoms with Crippen LogP contribution in [0.5, 0.6) is 0 Å². The molecule has 0 saturated heterocycles. The van der Waals surface area contributed by atoms with Gasteiger partial charge in [0.25, 0.3) is 0 Å². The molecule has 0 radical (unpaired) electrons. The van der Waals surface area contributed by atoms with Gasteiger partial charge in [-0.3, -0.25) is 4.79 Å². The second kappa shape index (κ2) is 10.2. The third-order valence-corrected chi connectivity index (χ3v) is 2.21. The summed E-state index contributed by atoms with van der Waals surface area (Å²) in [5.74, 6) is 1.72. The van der Waals surface area contributed by atoms with E-state index in [4.69, 9.17) is 5.26 Å². The minimum atomic E-state index is -0.0718. The molecule has 0 amide bonds. The number of rotatable bonds is 4. The molecule has 0 rings (SSSR count). The van der Waals surface area contributed by atoms with Gasteiger partial charge in [-0.15, -0.1) is 0 Å². The maximum absolute atomic E-state index is 9.82. The highest BCUT2D eigenvalue weighted by Gasteiger charge is 2.03. The molecule has 0 bridgehead atoms. The normalized spacial score (nSPS) is 11.2. The summed E-state index contributed by atoms with van der Waals surface area (Å²) in [5.41, 5.74) is 0. The van der Waals surface area contributed by atoms with Gasteiger partial charge in [0, 0.05) is 0 Å². The van der Waals surface area contributed by atoms with E-state index in [9.17, 15) is 4.79 Å². The maximum atomic E-state index is 9.82. The van der Waals surface area contributed by atoms with Gasteiger partial charge in [-0.2, -0.15) is 5.26 Å². The highest BCUT2D eigenvalue weighted by Crippen LogP contribution is 2.14. The largest absolute Gasteiger partial charge is 0.299 e. The zero-order valence-electron chi connectivity index (χ0n) is 10.1. The van der Waals surface area contributed by atoms with E-state index >= 15 is 0 Å². The van der Waals surface area contributed by atoms with Crippen molar-refractivity contribution in [3.63, 3.8) is 0 Å². The topological polar surface area (TPSA) is 40.9 Å². The van der Waals surface area contributed by atoms with Crippen molar-refractivity contribution in [2.24, 2.45) is 11.8 Å². The van der Waals surface area contributed by atoms with E-state index in [0.29, 0.717) is 0 Å². The van der Waals surface area contributed by atoms with Crippen LogP contribution in [-0.4, -0.2) is 5.78 Å². The number of carbonyl (C=O) groups is 1. The van der Waals surface area contributed by atoms with Gasteiger partial charge >= 0.3 is 0 Å². The lowest BCUT2D eigenvalue weighted by atomic mass is 9.94. The van der Waals surface area contributed by atoms with E-state index in [2.05, 4.69) is 27.7 Å². The molecule has 0 spiro atoms.